The second-order valence-corrected chi connectivity index (χ2v) is 4.60. The summed E-state index contributed by atoms with van der Waals surface area (Å²) in [4.78, 5) is 4.48. The van der Waals surface area contributed by atoms with Crippen LogP contribution in [0.15, 0.2) is 12.1 Å². The quantitative estimate of drug-likeness (QED) is 0.894. The molecule has 0 saturated carbocycles. The topological polar surface area (TPSA) is 24.9 Å². The third-order valence-corrected chi connectivity index (χ3v) is 3.38. The van der Waals surface area contributed by atoms with E-state index < -0.39 is 0 Å². The Hall–Kier alpha value is -1.35. The highest BCUT2D eigenvalue weighted by molar-refractivity contribution is 6.35. The van der Waals surface area contributed by atoms with Crippen molar-refractivity contribution in [2.45, 2.75) is 27.2 Å². The normalized spacial score (nSPS) is 10.9. The van der Waals surface area contributed by atoms with Crippen LogP contribution in [0.1, 0.15) is 25.1 Å². The molecule has 0 aliphatic rings. The van der Waals surface area contributed by atoms with Crippen molar-refractivity contribution in [1.82, 2.24) is 4.98 Å². The molecule has 1 aromatic carbocycles. The van der Waals surface area contributed by atoms with Gasteiger partial charge in [0.05, 0.1) is 21.6 Å². The average molecular weight is 267 g/mol. The van der Waals surface area contributed by atoms with E-state index in [0.717, 1.165) is 29.9 Å². The van der Waals surface area contributed by atoms with Crippen LogP contribution < -0.4 is 5.32 Å². The van der Waals surface area contributed by atoms with Crippen LogP contribution in [0.5, 0.6) is 0 Å². The molecule has 96 valence electrons. The minimum atomic E-state index is -0.288. The van der Waals surface area contributed by atoms with Gasteiger partial charge in [0.1, 0.15) is 5.82 Å². The third kappa shape index (κ3) is 2.03. The molecule has 0 atom stereocenters. The van der Waals surface area contributed by atoms with E-state index in [2.05, 4.69) is 10.3 Å². The number of nitrogens with zero attached hydrogens (tertiary/aromatic N) is 1. The first-order valence-corrected chi connectivity index (χ1v) is 6.49. The highest BCUT2D eigenvalue weighted by Gasteiger charge is 2.15. The molecule has 0 fully saturated rings. The predicted molar refractivity (Wildman–Crippen MR) is 75.0 cm³/mol. The number of rotatable bonds is 3. The molecule has 2 nitrogen and oxygen atoms in total. The Balaban J connectivity index is 2.90. The fraction of sp³-hybridized carbons (Fsp3) is 0.357. The number of fused-ring (bicyclic) bond motifs is 1. The van der Waals surface area contributed by atoms with Crippen molar-refractivity contribution < 1.29 is 4.39 Å². The molecular formula is C14H16ClFN2. The zero-order valence-corrected chi connectivity index (χ0v) is 11.5. The monoisotopic (exact) mass is 266 g/mol. The van der Waals surface area contributed by atoms with Crippen molar-refractivity contribution in [3.8, 4) is 0 Å². The van der Waals surface area contributed by atoms with Gasteiger partial charge in [0.25, 0.3) is 0 Å². The largest absolute Gasteiger partial charge is 0.384 e. The summed E-state index contributed by atoms with van der Waals surface area (Å²) in [6.45, 7) is 6.71. The van der Waals surface area contributed by atoms with E-state index in [4.69, 9.17) is 11.6 Å². The molecule has 4 heteroatoms. The number of anilines is 1. The SMILES string of the molecule is CCNc1c(C)c(CC)nc2c(Cl)ccc(F)c12. The Morgan fingerprint density at radius 2 is 2.06 bits per heavy atom. The Kier molecular flexibility index (Phi) is 3.71. The molecular weight excluding hydrogens is 251 g/mol. The van der Waals surface area contributed by atoms with Crippen LogP contribution in [0.25, 0.3) is 10.9 Å². The number of aryl methyl sites for hydroxylation is 1. The highest BCUT2D eigenvalue weighted by Crippen LogP contribution is 2.34. The Morgan fingerprint density at radius 3 is 2.67 bits per heavy atom. The third-order valence-electron chi connectivity index (χ3n) is 3.07. The zero-order chi connectivity index (χ0) is 13.3. The molecule has 1 N–H and O–H groups in total. The highest BCUT2D eigenvalue weighted by atomic mass is 35.5. The lowest BCUT2D eigenvalue weighted by molar-refractivity contribution is 0.639. The van der Waals surface area contributed by atoms with Gasteiger partial charge in [-0.05, 0) is 38.0 Å². The Labute approximate surface area is 111 Å². The molecule has 0 radical (unpaired) electrons. The van der Waals surface area contributed by atoms with E-state index in [0.29, 0.717) is 15.9 Å². The second-order valence-electron chi connectivity index (χ2n) is 4.20. The van der Waals surface area contributed by atoms with Crippen LogP contribution in [0.3, 0.4) is 0 Å². The molecule has 1 heterocycles. The van der Waals surface area contributed by atoms with E-state index >= 15 is 0 Å². The maximum absolute atomic E-state index is 14.0. The van der Waals surface area contributed by atoms with E-state index in [1.54, 1.807) is 6.07 Å². The molecule has 0 spiro atoms. The van der Waals surface area contributed by atoms with Crippen molar-refractivity contribution in [3.05, 3.63) is 34.2 Å². The molecule has 2 aromatic rings. The molecule has 0 bridgehead atoms. The number of halogens is 2. The van der Waals surface area contributed by atoms with E-state index in [1.807, 2.05) is 20.8 Å². The van der Waals surface area contributed by atoms with Gasteiger partial charge in [-0.3, -0.25) is 4.98 Å². The summed E-state index contributed by atoms with van der Waals surface area (Å²) in [5, 5.41) is 4.19. The summed E-state index contributed by atoms with van der Waals surface area (Å²) in [7, 11) is 0. The molecule has 0 aliphatic heterocycles. The summed E-state index contributed by atoms with van der Waals surface area (Å²) in [5.74, 6) is -0.288. The minimum Gasteiger partial charge on any atom is -0.384 e. The number of pyridine rings is 1. The van der Waals surface area contributed by atoms with E-state index in [1.165, 1.54) is 6.07 Å². The summed E-state index contributed by atoms with van der Waals surface area (Å²) < 4.78 is 14.0. The van der Waals surface area contributed by atoms with Gasteiger partial charge in [-0.15, -0.1) is 0 Å². The number of benzene rings is 1. The molecule has 18 heavy (non-hydrogen) atoms. The van der Waals surface area contributed by atoms with Crippen LogP contribution in [0.2, 0.25) is 5.02 Å². The number of hydrogen-bond acceptors (Lipinski definition) is 2. The summed E-state index contributed by atoms with van der Waals surface area (Å²) in [5.41, 5.74) is 3.29. The van der Waals surface area contributed by atoms with Gasteiger partial charge in [-0.2, -0.15) is 0 Å². The molecule has 2 rings (SSSR count). The van der Waals surface area contributed by atoms with Crippen molar-refractivity contribution >= 4 is 28.2 Å². The first kappa shape index (κ1) is 13.1. The van der Waals surface area contributed by atoms with Gasteiger partial charge < -0.3 is 5.32 Å². The van der Waals surface area contributed by atoms with Gasteiger partial charge in [0, 0.05) is 12.2 Å². The first-order valence-electron chi connectivity index (χ1n) is 6.11. The molecule has 0 unspecified atom stereocenters. The minimum absolute atomic E-state index is 0.288. The first-order chi connectivity index (χ1) is 8.60. The smallest absolute Gasteiger partial charge is 0.134 e. The van der Waals surface area contributed by atoms with Gasteiger partial charge in [0.2, 0.25) is 0 Å². The van der Waals surface area contributed by atoms with Gasteiger partial charge in [0.15, 0.2) is 0 Å². The van der Waals surface area contributed by atoms with Crippen LogP contribution >= 0.6 is 11.6 Å². The van der Waals surface area contributed by atoms with Crippen LogP contribution in [-0.4, -0.2) is 11.5 Å². The molecule has 0 saturated heterocycles. The van der Waals surface area contributed by atoms with Crippen molar-refractivity contribution in [3.63, 3.8) is 0 Å². The lowest BCUT2D eigenvalue weighted by atomic mass is 10.0. The number of aromatic nitrogens is 1. The molecule has 1 aromatic heterocycles. The van der Waals surface area contributed by atoms with Gasteiger partial charge in [-0.25, -0.2) is 4.39 Å². The predicted octanol–water partition coefficient (Wildman–Crippen LogP) is 4.33. The average Bonchev–Trinajstić information content (AvgIpc) is 2.36. The summed E-state index contributed by atoms with van der Waals surface area (Å²) in [6.07, 6.45) is 0.799. The Bertz CT molecular complexity index is 596. The number of hydrogen-bond donors (Lipinski definition) is 1. The lowest BCUT2D eigenvalue weighted by Gasteiger charge is -2.15. The van der Waals surface area contributed by atoms with E-state index in [-0.39, 0.29) is 5.82 Å². The fourth-order valence-corrected chi connectivity index (χ4v) is 2.38. The van der Waals surface area contributed by atoms with Crippen LogP contribution in [0, 0.1) is 12.7 Å². The van der Waals surface area contributed by atoms with Gasteiger partial charge >= 0.3 is 0 Å². The molecule has 0 amide bonds. The standard InChI is InChI=1S/C14H16ClFN2/c1-4-11-8(3)13(17-5-2)12-10(16)7-6-9(15)14(12)18-11/h6-7H,4-5H2,1-3H3,(H,17,18). The van der Waals surface area contributed by atoms with Crippen molar-refractivity contribution in [2.24, 2.45) is 0 Å². The van der Waals surface area contributed by atoms with Gasteiger partial charge in [-0.1, -0.05) is 18.5 Å². The molecule has 0 aliphatic carbocycles. The van der Waals surface area contributed by atoms with E-state index in [9.17, 15) is 4.39 Å². The maximum atomic E-state index is 14.0. The second kappa shape index (κ2) is 5.11. The van der Waals surface area contributed by atoms with Crippen molar-refractivity contribution in [2.75, 3.05) is 11.9 Å². The maximum Gasteiger partial charge on any atom is 0.134 e. The zero-order valence-electron chi connectivity index (χ0n) is 10.8. The van der Waals surface area contributed by atoms with Crippen LogP contribution in [0.4, 0.5) is 10.1 Å². The Morgan fingerprint density at radius 1 is 1.33 bits per heavy atom. The fourth-order valence-electron chi connectivity index (χ4n) is 2.18. The summed E-state index contributed by atoms with van der Waals surface area (Å²) in [6, 6.07) is 2.94. The lowest BCUT2D eigenvalue weighted by Crippen LogP contribution is -2.05. The summed E-state index contributed by atoms with van der Waals surface area (Å²) >= 11 is 6.13. The number of nitrogens with one attached hydrogen (secondary N) is 1. The van der Waals surface area contributed by atoms with Crippen molar-refractivity contribution in [1.29, 1.82) is 0 Å². The van der Waals surface area contributed by atoms with Crippen LogP contribution in [-0.2, 0) is 6.42 Å².